The van der Waals surface area contributed by atoms with Crippen LogP contribution in [0.15, 0.2) is 35.1 Å². The number of rotatable bonds is 11. The molecule has 11 heteroatoms. The third-order valence-corrected chi connectivity index (χ3v) is 6.12. The molecule has 3 aromatic rings. The van der Waals surface area contributed by atoms with Crippen molar-refractivity contribution in [2.45, 2.75) is 32.6 Å². The van der Waals surface area contributed by atoms with Crippen molar-refractivity contribution in [2.75, 3.05) is 44.9 Å². The summed E-state index contributed by atoms with van der Waals surface area (Å²) < 4.78 is 29.9. The molecular weight excluding hydrogens is 467 g/mol. The number of carbonyl (C=O) groups excluding carboxylic acids is 1. The molecule has 0 bridgehead atoms. The predicted octanol–water partition coefficient (Wildman–Crippen LogP) is 3.43. The van der Waals surface area contributed by atoms with E-state index in [1.807, 2.05) is 0 Å². The zero-order valence-electron chi connectivity index (χ0n) is 20.6. The summed E-state index contributed by atoms with van der Waals surface area (Å²) in [6, 6.07) is 4.33. The molecule has 1 aliphatic rings. The number of piperidine rings is 1. The topological polar surface area (TPSA) is 116 Å². The summed E-state index contributed by atoms with van der Waals surface area (Å²) >= 11 is 0. The Morgan fingerprint density at radius 2 is 2.00 bits per heavy atom. The van der Waals surface area contributed by atoms with Gasteiger partial charge in [0, 0.05) is 52.1 Å². The van der Waals surface area contributed by atoms with Gasteiger partial charge in [-0.1, -0.05) is 5.16 Å². The van der Waals surface area contributed by atoms with E-state index in [1.54, 1.807) is 25.4 Å². The first-order chi connectivity index (χ1) is 17.5. The van der Waals surface area contributed by atoms with Gasteiger partial charge >= 0.3 is 0 Å². The van der Waals surface area contributed by atoms with Crippen LogP contribution >= 0.6 is 0 Å². The Labute approximate surface area is 209 Å². The summed E-state index contributed by atoms with van der Waals surface area (Å²) in [5.41, 5.74) is 0.721. The summed E-state index contributed by atoms with van der Waals surface area (Å²) in [6.07, 6.45) is 7.46. The molecule has 4 rings (SSSR count). The number of benzene rings is 1. The molecular formula is C25H31FN6O4. The number of ether oxygens (including phenoxy) is 2. The van der Waals surface area contributed by atoms with Crippen LogP contribution in [0.25, 0.3) is 11.4 Å². The number of anilines is 1. The smallest absolute Gasteiger partial charge is 0.254 e. The molecule has 0 spiro atoms. The van der Waals surface area contributed by atoms with Crippen LogP contribution in [0, 0.1) is 18.7 Å². The fourth-order valence-electron chi connectivity index (χ4n) is 4.13. The highest BCUT2D eigenvalue weighted by atomic mass is 19.1. The van der Waals surface area contributed by atoms with Gasteiger partial charge in [-0.3, -0.25) is 4.79 Å². The van der Waals surface area contributed by atoms with Crippen LogP contribution in [-0.4, -0.2) is 66.0 Å². The van der Waals surface area contributed by atoms with Crippen LogP contribution in [0.5, 0.6) is 5.75 Å². The number of aromatic nitrogens is 4. The van der Waals surface area contributed by atoms with E-state index in [0.29, 0.717) is 49.1 Å². The number of aryl methyl sites for hydroxylation is 1. The normalized spacial score (nSPS) is 14.1. The number of carbonyl (C=O) groups is 1. The highest BCUT2D eigenvalue weighted by Crippen LogP contribution is 2.25. The molecule has 1 fully saturated rings. The maximum absolute atomic E-state index is 14.3. The highest BCUT2D eigenvalue weighted by molar-refractivity contribution is 5.94. The lowest BCUT2D eigenvalue weighted by Gasteiger charge is -2.32. The maximum atomic E-state index is 14.3. The molecule has 1 saturated heterocycles. The molecule has 1 aliphatic heterocycles. The van der Waals surface area contributed by atoms with E-state index in [-0.39, 0.29) is 5.56 Å². The number of hydrogen-bond acceptors (Lipinski definition) is 9. The number of hydrogen-bond donors (Lipinski definition) is 1. The van der Waals surface area contributed by atoms with Gasteiger partial charge in [-0.25, -0.2) is 14.4 Å². The zero-order valence-corrected chi connectivity index (χ0v) is 20.6. The van der Waals surface area contributed by atoms with Crippen molar-refractivity contribution in [2.24, 2.45) is 5.92 Å². The van der Waals surface area contributed by atoms with Gasteiger partial charge in [-0.05, 0) is 43.7 Å². The molecule has 10 nitrogen and oxygen atoms in total. The first-order valence-corrected chi connectivity index (χ1v) is 12.1. The third-order valence-electron chi connectivity index (χ3n) is 6.12. The number of halogens is 1. The Kier molecular flexibility index (Phi) is 8.77. The average Bonchev–Trinajstić information content (AvgIpc) is 3.33. The van der Waals surface area contributed by atoms with Crippen molar-refractivity contribution in [3.63, 3.8) is 0 Å². The fourth-order valence-corrected chi connectivity index (χ4v) is 4.13. The highest BCUT2D eigenvalue weighted by Gasteiger charge is 2.21. The predicted molar refractivity (Wildman–Crippen MR) is 130 cm³/mol. The Morgan fingerprint density at radius 1 is 1.22 bits per heavy atom. The molecule has 0 aliphatic carbocycles. The molecule has 0 unspecified atom stereocenters. The molecule has 36 heavy (non-hydrogen) atoms. The summed E-state index contributed by atoms with van der Waals surface area (Å²) in [4.78, 5) is 27.3. The van der Waals surface area contributed by atoms with E-state index in [1.165, 1.54) is 19.2 Å². The van der Waals surface area contributed by atoms with Crippen molar-refractivity contribution in [3.05, 3.63) is 47.9 Å². The van der Waals surface area contributed by atoms with Crippen molar-refractivity contribution in [3.8, 4) is 17.1 Å². The van der Waals surface area contributed by atoms with Gasteiger partial charge in [0.25, 0.3) is 5.91 Å². The van der Waals surface area contributed by atoms with Crippen LogP contribution in [0.1, 0.15) is 41.9 Å². The zero-order chi connectivity index (χ0) is 25.3. The lowest BCUT2D eigenvalue weighted by Crippen LogP contribution is -2.34. The Bertz CT molecular complexity index is 1130. The number of nitrogens with one attached hydrogen (secondary N) is 1. The van der Waals surface area contributed by atoms with E-state index < -0.39 is 11.7 Å². The summed E-state index contributed by atoms with van der Waals surface area (Å²) in [6.45, 7) is 4.73. The number of amides is 1. The summed E-state index contributed by atoms with van der Waals surface area (Å²) in [5.74, 6) is 1.66. The second kappa shape index (κ2) is 12.4. The standard InChI is InChI=1S/C25H31FN6O4/c1-17-30-23(31-36-17)19-15-28-25(29-16-19)32-10-7-18(8-11-32)4-3-12-35-20-5-6-21(22(26)14-20)24(33)27-9-13-34-2/h5-6,14-16,18H,3-4,7-13H2,1-2H3,(H,27,33). The lowest BCUT2D eigenvalue weighted by molar-refractivity contribution is 0.0933. The molecule has 0 radical (unpaired) electrons. The van der Waals surface area contributed by atoms with Crippen LogP contribution in [-0.2, 0) is 4.74 Å². The second-order valence-corrected chi connectivity index (χ2v) is 8.72. The molecule has 3 heterocycles. The molecule has 2 aromatic heterocycles. The molecule has 0 atom stereocenters. The minimum atomic E-state index is -0.600. The van der Waals surface area contributed by atoms with Crippen LogP contribution in [0.4, 0.5) is 10.3 Å². The summed E-state index contributed by atoms with van der Waals surface area (Å²) in [5, 5.41) is 6.50. The van der Waals surface area contributed by atoms with Crippen LogP contribution in [0.2, 0.25) is 0 Å². The lowest BCUT2D eigenvalue weighted by atomic mass is 9.92. The monoisotopic (exact) mass is 498 g/mol. The van der Waals surface area contributed by atoms with Gasteiger partial charge < -0.3 is 24.2 Å². The van der Waals surface area contributed by atoms with Crippen molar-refractivity contribution in [1.82, 2.24) is 25.4 Å². The maximum Gasteiger partial charge on any atom is 0.254 e. The van der Waals surface area contributed by atoms with Gasteiger partial charge in [0.05, 0.1) is 24.3 Å². The first-order valence-electron chi connectivity index (χ1n) is 12.1. The minimum Gasteiger partial charge on any atom is -0.493 e. The SMILES string of the molecule is COCCNC(=O)c1ccc(OCCCC2CCN(c3ncc(-c4noc(C)n4)cn3)CC2)cc1F. The molecule has 192 valence electrons. The van der Waals surface area contributed by atoms with E-state index in [0.717, 1.165) is 44.3 Å². The number of nitrogens with zero attached hydrogens (tertiary/aromatic N) is 5. The van der Waals surface area contributed by atoms with Crippen LogP contribution < -0.4 is 15.0 Å². The van der Waals surface area contributed by atoms with E-state index >= 15 is 0 Å². The van der Waals surface area contributed by atoms with Gasteiger partial charge in [0.1, 0.15) is 11.6 Å². The second-order valence-electron chi connectivity index (χ2n) is 8.72. The first kappa shape index (κ1) is 25.5. The van der Waals surface area contributed by atoms with Crippen molar-refractivity contribution >= 4 is 11.9 Å². The van der Waals surface area contributed by atoms with E-state index in [4.69, 9.17) is 14.0 Å². The van der Waals surface area contributed by atoms with Crippen LogP contribution in [0.3, 0.4) is 0 Å². The van der Waals surface area contributed by atoms with Gasteiger partial charge in [-0.2, -0.15) is 4.98 Å². The molecule has 1 amide bonds. The largest absolute Gasteiger partial charge is 0.493 e. The van der Waals surface area contributed by atoms with E-state index in [9.17, 15) is 9.18 Å². The van der Waals surface area contributed by atoms with Gasteiger partial charge in [-0.15, -0.1) is 0 Å². The Morgan fingerprint density at radius 3 is 2.67 bits per heavy atom. The Hall–Kier alpha value is -3.60. The molecule has 1 aromatic carbocycles. The third kappa shape index (κ3) is 6.75. The average molecular weight is 499 g/mol. The summed E-state index contributed by atoms with van der Waals surface area (Å²) in [7, 11) is 1.54. The Balaban J connectivity index is 1.16. The van der Waals surface area contributed by atoms with Gasteiger partial charge in [0.15, 0.2) is 0 Å². The fraction of sp³-hybridized carbons (Fsp3) is 0.480. The van der Waals surface area contributed by atoms with Crippen molar-refractivity contribution in [1.29, 1.82) is 0 Å². The van der Waals surface area contributed by atoms with E-state index in [2.05, 4.69) is 30.3 Å². The quantitative estimate of drug-likeness (QED) is 0.397. The van der Waals surface area contributed by atoms with Gasteiger partial charge in [0.2, 0.25) is 17.7 Å². The number of methoxy groups -OCH3 is 1. The molecule has 1 N–H and O–H groups in total. The molecule has 0 saturated carbocycles. The minimum absolute atomic E-state index is 0.00580. The van der Waals surface area contributed by atoms with Crippen molar-refractivity contribution < 1.29 is 23.2 Å².